The lowest BCUT2D eigenvalue weighted by atomic mass is 9.84. The standard InChI is InChI=1S/C45H49ClF2N8O6/c1-55(36-14-15-62-24-37(36)57)23-32-38(60-2)18-28(19-39(32)61-3)56-35-9-5-6-29(31(35)22-51-56)30-7-4-8-33(41(30)46)52-44-42-34(53-45(54-44)43(47)48)16-26(21-50-42)20-49-27-12-10-25(11-13-27)17-40(58)59/h4-9,16,18-19,21-22,25,27,36-37,43,49,57H,10-15,17,20,23-24H2,1-3H3,(H,58,59)(H,52,53,54)/t25?,27?,36-,37+/m1/s1. The second-order valence-corrected chi connectivity index (χ2v) is 16.3. The molecule has 0 amide bonds. The monoisotopic (exact) mass is 870 g/mol. The summed E-state index contributed by atoms with van der Waals surface area (Å²) in [7, 11) is 5.19. The molecule has 17 heteroatoms. The normalized spacial score (nSPS) is 19.4. The van der Waals surface area contributed by atoms with Crippen LogP contribution in [0, 0.1) is 5.92 Å². The molecule has 2 aliphatic rings. The Labute approximate surface area is 362 Å². The predicted octanol–water partition coefficient (Wildman–Crippen LogP) is 8.09. The van der Waals surface area contributed by atoms with Gasteiger partial charge in [0.1, 0.15) is 17.0 Å². The molecule has 0 unspecified atom stereocenters. The highest BCUT2D eigenvalue weighted by atomic mass is 35.5. The third-order valence-corrected chi connectivity index (χ3v) is 12.4. The van der Waals surface area contributed by atoms with E-state index < -0.39 is 24.3 Å². The number of methoxy groups -OCH3 is 2. The molecule has 14 nitrogen and oxygen atoms in total. The van der Waals surface area contributed by atoms with Crippen LogP contribution in [0.5, 0.6) is 11.5 Å². The van der Waals surface area contributed by atoms with Gasteiger partial charge in [0.15, 0.2) is 11.6 Å². The number of fused-ring (bicyclic) bond motifs is 2. The molecule has 3 aromatic carbocycles. The molecule has 0 bridgehead atoms. The summed E-state index contributed by atoms with van der Waals surface area (Å²) < 4.78 is 47.4. The molecule has 62 heavy (non-hydrogen) atoms. The fraction of sp³-hybridized carbons (Fsp3) is 0.400. The van der Waals surface area contributed by atoms with E-state index in [4.69, 9.17) is 36.0 Å². The number of benzene rings is 3. The van der Waals surface area contributed by atoms with E-state index in [2.05, 4.69) is 30.5 Å². The average molecular weight is 871 g/mol. The van der Waals surface area contributed by atoms with Crippen molar-refractivity contribution < 1.29 is 38.0 Å². The number of aliphatic carboxylic acids is 1. The molecular formula is C45H49ClF2N8O6. The second-order valence-electron chi connectivity index (χ2n) is 16.0. The van der Waals surface area contributed by atoms with Crippen LogP contribution in [0.4, 0.5) is 20.3 Å². The van der Waals surface area contributed by atoms with E-state index in [9.17, 15) is 18.7 Å². The van der Waals surface area contributed by atoms with Gasteiger partial charge >= 0.3 is 5.97 Å². The van der Waals surface area contributed by atoms with Crippen molar-refractivity contribution in [2.45, 2.75) is 76.2 Å². The lowest BCUT2D eigenvalue weighted by molar-refractivity contribution is -0.138. The van der Waals surface area contributed by atoms with Crippen molar-refractivity contribution >= 4 is 51.0 Å². The minimum absolute atomic E-state index is 0.0726. The minimum atomic E-state index is -2.93. The number of alkyl halides is 2. The van der Waals surface area contributed by atoms with Gasteiger partial charge in [0, 0.05) is 67.5 Å². The molecule has 1 saturated heterocycles. The van der Waals surface area contributed by atoms with E-state index in [-0.39, 0.29) is 35.8 Å². The third kappa shape index (κ3) is 9.15. The number of carboxylic acids is 1. The quantitative estimate of drug-likeness (QED) is 0.0782. The molecule has 1 aliphatic heterocycles. The van der Waals surface area contributed by atoms with Gasteiger partial charge in [-0.05, 0) is 74.4 Å². The first-order chi connectivity index (χ1) is 30.0. The van der Waals surface area contributed by atoms with Crippen molar-refractivity contribution in [2.75, 3.05) is 39.8 Å². The molecule has 326 valence electrons. The third-order valence-electron chi connectivity index (χ3n) is 12.0. The zero-order valence-corrected chi connectivity index (χ0v) is 35.4. The van der Waals surface area contributed by atoms with Crippen LogP contribution < -0.4 is 20.1 Å². The lowest BCUT2D eigenvalue weighted by Gasteiger charge is -2.35. The number of carboxylic acid groups (broad SMARTS) is 1. The number of aromatic nitrogens is 5. The fourth-order valence-corrected chi connectivity index (χ4v) is 9.01. The summed E-state index contributed by atoms with van der Waals surface area (Å²) in [6, 6.07) is 17.0. The number of rotatable bonds is 15. The number of nitrogens with one attached hydrogen (secondary N) is 2. The fourth-order valence-electron chi connectivity index (χ4n) is 8.74. The van der Waals surface area contributed by atoms with Crippen LogP contribution in [0.1, 0.15) is 61.9 Å². The Morgan fingerprint density at radius 3 is 2.47 bits per heavy atom. The maximum absolute atomic E-state index is 14.2. The molecule has 0 spiro atoms. The van der Waals surface area contributed by atoms with Crippen LogP contribution >= 0.6 is 11.6 Å². The van der Waals surface area contributed by atoms with Crippen LogP contribution in [0.3, 0.4) is 0 Å². The van der Waals surface area contributed by atoms with Gasteiger partial charge in [-0.25, -0.2) is 23.4 Å². The number of aliphatic hydroxyl groups is 1. The zero-order chi connectivity index (χ0) is 43.5. The van der Waals surface area contributed by atoms with E-state index in [1.165, 1.54) is 0 Å². The number of hydrogen-bond donors (Lipinski definition) is 4. The number of pyridine rings is 1. The lowest BCUT2D eigenvalue weighted by Crippen LogP contribution is -2.47. The number of carbonyl (C=O) groups is 1. The highest BCUT2D eigenvalue weighted by Gasteiger charge is 2.29. The molecule has 1 aliphatic carbocycles. The van der Waals surface area contributed by atoms with Gasteiger partial charge in [-0.15, -0.1) is 0 Å². The molecule has 3 aromatic heterocycles. The largest absolute Gasteiger partial charge is 0.496 e. The summed E-state index contributed by atoms with van der Waals surface area (Å²) in [6.07, 6.45) is 4.22. The highest BCUT2D eigenvalue weighted by molar-refractivity contribution is 6.36. The van der Waals surface area contributed by atoms with Crippen molar-refractivity contribution in [1.29, 1.82) is 0 Å². The second kappa shape index (κ2) is 18.8. The molecule has 4 heterocycles. The van der Waals surface area contributed by atoms with Crippen molar-refractivity contribution in [2.24, 2.45) is 5.92 Å². The number of ether oxygens (including phenoxy) is 3. The van der Waals surface area contributed by atoms with E-state index in [1.807, 2.05) is 49.5 Å². The van der Waals surface area contributed by atoms with E-state index in [0.717, 1.165) is 53.3 Å². The SMILES string of the molecule is COc1cc(-n2ncc3c(-c4cccc(Nc5nc(C(F)F)nc6cc(CNC7CCC(CC(=O)O)CC7)cnc56)c4Cl)cccc32)cc(OC)c1CN(C)[C@@H]1CCOC[C@@H]1O. The number of likely N-dealkylation sites (N-methyl/N-ethyl adjacent to an activating group) is 1. The van der Waals surface area contributed by atoms with Gasteiger partial charge in [-0.3, -0.25) is 14.7 Å². The Morgan fingerprint density at radius 2 is 1.76 bits per heavy atom. The smallest absolute Gasteiger partial charge is 0.303 e. The van der Waals surface area contributed by atoms with Gasteiger partial charge < -0.3 is 35.1 Å². The molecule has 8 rings (SSSR count). The van der Waals surface area contributed by atoms with Gasteiger partial charge in [0.25, 0.3) is 6.43 Å². The van der Waals surface area contributed by atoms with Gasteiger partial charge in [-0.2, -0.15) is 5.10 Å². The number of hydrogen-bond acceptors (Lipinski definition) is 12. The summed E-state index contributed by atoms with van der Waals surface area (Å²) in [5, 5.41) is 32.3. The minimum Gasteiger partial charge on any atom is -0.496 e. The van der Waals surface area contributed by atoms with Crippen molar-refractivity contribution in [3.8, 4) is 28.3 Å². The molecule has 4 N–H and O–H groups in total. The van der Waals surface area contributed by atoms with Gasteiger partial charge in [-0.1, -0.05) is 35.9 Å². The first kappa shape index (κ1) is 43.1. The summed E-state index contributed by atoms with van der Waals surface area (Å²) in [4.78, 5) is 26.2. The van der Waals surface area contributed by atoms with Crippen LogP contribution in [0.15, 0.2) is 67.0 Å². The number of aliphatic hydroxyl groups excluding tert-OH is 1. The average Bonchev–Trinajstić information content (AvgIpc) is 3.71. The van der Waals surface area contributed by atoms with Crippen LogP contribution in [0.25, 0.3) is 38.8 Å². The molecule has 1 saturated carbocycles. The maximum Gasteiger partial charge on any atom is 0.303 e. The first-order valence-electron chi connectivity index (χ1n) is 20.6. The molecule has 2 fully saturated rings. The number of anilines is 2. The summed E-state index contributed by atoms with van der Waals surface area (Å²) in [5.74, 6) is 0.0892. The van der Waals surface area contributed by atoms with E-state index >= 15 is 0 Å². The summed E-state index contributed by atoms with van der Waals surface area (Å²) in [5.41, 5.74) is 5.58. The molecule has 0 radical (unpaired) electrons. The molecular weight excluding hydrogens is 822 g/mol. The van der Waals surface area contributed by atoms with Crippen molar-refractivity contribution in [1.82, 2.24) is 34.9 Å². The van der Waals surface area contributed by atoms with E-state index in [0.29, 0.717) is 71.7 Å². The van der Waals surface area contributed by atoms with Gasteiger partial charge in [0.05, 0.1) is 66.1 Å². The highest BCUT2D eigenvalue weighted by Crippen LogP contribution is 2.41. The van der Waals surface area contributed by atoms with Crippen LogP contribution in [0.2, 0.25) is 5.02 Å². The van der Waals surface area contributed by atoms with Crippen LogP contribution in [-0.4, -0.2) is 98.5 Å². The summed E-state index contributed by atoms with van der Waals surface area (Å²) in [6.45, 7) is 1.81. The number of halogens is 3. The molecule has 2 atom stereocenters. The van der Waals surface area contributed by atoms with Crippen LogP contribution in [-0.2, 0) is 22.6 Å². The Bertz CT molecular complexity index is 2550. The topological polar surface area (TPSA) is 169 Å². The predicted molar refractivity (Wildman–Crippen MR) is 232 cm³/mol. The Balaban J connectivity index is 1.05. The van der Waals surface area contributed by atoms with Crippen molar-refractivity contribution in [3.05, 3.63) is 89.0 Å². The van der Waals surface area contributed by atoms with Crippen molar-refractivity contribution in [3.63, 3.8) is 0 Å². The first-order valence-corrected chi connectivity index (χ1v) is 21.0. The summed E-state index contributed by atoms with van der Waals surface area (Å²) >= 11 is 7.15. The Morgan fingerprint density at radius 1 is 1.02 bits per heavy atom. The number of nitrogens with zero attached hydrogens (tertiary/aromatic N) is 6. The Hall–Kier alpha value is -5.52. The van der Waals surface area contributed by atoms with Gasteiger partial charge in [0.2, 0.25) is 0 Å². The Kier molecular flexibility index (Phi) is 13.1. The zero-order valence-electron chi connectivity index (χ0n) is 34.7. The molecule has 6 aromatic rings. The maximum atomic E-state index is 14.2. The van der Waals surface area contributed by atoms with E-state index in [1.54, 1.807) is 43.4 Å².